The minimum absolute atomic E-state index is 0.500. The zero-order valence-electron chi connectivity index (χ0n) is 7.55. The monoisotopic (exact) mass is 216 g/mol. The molecule has 2 unspecified atom stereocenters. The van der Waals surface area contributed by atoms with Crippen molar-refractivity contribution in [3.05, 3.63) is 24.3 Å². The number of hydrogen-bond donors (Lipinski definition) is 0. The van der Waals surface area contributed by atoms with Crippen molar-refractivity contribution in [3.63, 3.8) is 0 Å². The quantitative estimate of drug-likeness (QED) is 0.494. The lowest BCUT2D eigenvalue weighted by molar-refractivity contribution is 0.742. The van der Waals surface area contributed by atoms with Gasteiger partial charge >= 0.3 is 0 Å². The number of halogens is 1. The van der Waals surface area contributed by atoms with Crippen LogP contribution in [0.1, 0.15) is 27.2 Å². The van der Waals surface area contributed by atoms with Crippen LogP contribution in [0.25, 0.3) is 0 Å². The Morgan fingerprint density at radius 3 is 2.36 bits per heavy atom. The maximum absolute atomic E-state index is 3.46. The van der Waals surface area contributed by atoms with Gasteiger partial charge in [-0.1, -0.05) is 47.2 Å². The zero-order valence-corrected chi connectivity index (χ0v) is 9.14. The fourth-order valence-corrected chi connectivity index (χ4v) is 1.10. The van der Waals surface area contributed by atoms with Crippen LogP contribution in [-0.4, -0.2) is 4.83 Å². The molecule has 64 valence electrons. The van der Waals surface area contributed by atoms with Crippen LogP contribution in [0.4, 0.5) is 0 Å². The zero-order chi connectivity index (χ0) is 8.69. The lowest BCUT2D eigenvalue weighted by atomic mass is 10.1. The van der Waals surface area contributed by atoms with Gasteiger partial charge in [0.05, 0.1) is 0 Å². The Morgan fingerprint density at radius 1 is 1.27 bits per heavy atom. The molecule has 0 rings (SSSR count). The molecule has 0 radical (unpaired) electrons. The first-order valence-corrected chi connectivity index (χ1v) is 5.02. The highest BCUT2D eigenvalue weighted by atomic mass is 79.9. The topological polar surface area (TPSA) is 0 Å². The third-order valence-electron chi connectivity index (χ3n) is 1.43. The van der Waals surface area contributed by atoms with Gasteiger partial charge in [-0.3, -0.25) is 0 Å². The van der Waals surface area contributed by atoms with Gasteiger partial charge in [0.2, 0.25) is 0 Å². The normalized spacial score (nSPS) is 17.8. The van der Waals surface area contributed by atoms with Crippen molar-refractivity contribution >= 4 is 15.9 Å². The molecule has 0 nitrogen and oxygen atoms in total. The second kappa shape index (κ2) is 6.66. The van der Waals surface area contributed by atoms with Crippen molar-refractivity contribution in [2.24, 2.45) is 5.92 Å². The lowest BCUT2D eigenvalue weighted by Crippen LogP contribution is -1.87. The van der Waals surface area contributed by atoms with E-state index in [9.17, 15) is 0 Å². The van der Waals surface area contributed by atoms with E-state index >= 15 is 0 Å². The van der Waals surface area contributed by atoms with Crippen LogP contribution in [0, 0.1) is 5.92 Å². The van der Waals surface area contributed by atoms with Crippen LogP contribution in [0.15, 0.2) is 24.3 Å². The fraction of sp³-hybridized carbons (Fsp3) is 0.600. The molecule has 0 heterocycles. The molecule has 0 aromatic heterocycles. The maximum atomic E-state index is 3.46. The molecule has 0 bridgehead atoms. The van der Waals surface area contributed by atoms with E-state index in [0.29, 0.717) is 10.7 Å². The molecule has 11 heavy (non-hydrogen) atoms. The summed E-state index contributed by atoms with van der Waals surface area (Å²) in [5, 5.41) is 0. The average Bonchev–Trinajstić information content (AvgIpc) is 1.87. The van der Waals surface area contributed by atoms with Gasteiger partial charge in [-0.05, 0) is 26.2 Å². The van der Waals surface area contributed by atoms with E-state index in [1.165, 1.54) is 0 Å². The summed E-state index contributed by atoms with van der Waals surface area (Å²) in [6.45, 7) is 6.41. The molecule has 0 aliphatic rings. The van der Waals surface area contributed by atoms with E-state index in [-0.39, 0.29) is 0 Å². The Balaban J connectivity index is 3.52. The Labute approximate surface area is 78.5 Å². The average molecular weight is 217 g/mol. The minimum Gasteiger partial charge on any atom is -0.0914 e. The second-order valence-corrected chi connectivity index (χ2v) is 4.29. The van der Waals surface area contributed by atoms with Crippen molar-refractivity contribution in [2.45, 2.75) is 32.0 Å². The smallest absolute Gasteiger partial charge is 0.0297 e. The summed E-state index contributed by atoms with van der Waals surface area (Å²) in [7, 11) is 0. The van der Waals surface area contributed by atoms with Gasteiger partial charge in [0, 0.05) is 4.83 Å². The number of hydrogen-bond acceptors (Lipinski definition) is 0. The highest BCUT2D eigenvalue weighted by Crippen LogP contribution is 2.06. The SMILES string of the molecule is C/C=C/C(C)C/C=C/C(C)Br. The van der Waals surface area contributed by atoms with Gasteiger partial charge in [-0.25, -0.2) is 0 Å². The van der Waals surface area contributed by atoms with Crippen LogP contribution in [0.5, 0.6) is 0 Å². The number of allylic oxidation sites excluding steroid dienone is 4. The lowest BCUT2D eigenvalue weighted by Gasteiger charge is -1.99. The summed E-state index contributed by atoms with van der Waals surface area (Å²) >= 11 is 3.46. The summed E-state index contributed by atoms with van der Waals surface area (Å²) < 4.78 is 0. The molecular weight excluding hydrogens is 200 g/mol. The molecule has 0 fully saturated rings. The van der Waals surface area contributed by atoms with Crippen LogP contribution in [0.2, 0.25) is 0 Å². The molecule has 0 aromatic rings. The van der Waals surface area contributed by atoms with Gasteiger partial charge in [-0.2, -0.15) is 0 Å². The van der Waals surface area contributed by atoms with Crippen LogP contribution >= 0.6 is 15.9 Å². The Kier molecular flexibility index (Phi) is 6.63. The molecule has 0 N–H and O–H groups in total. The predicted molar refractivity (Wildman–Crippen MR) is 56.1 cm³/mol. The first-order chi connectivity index (χ1) is 5.16. The molecule has 0 saturated heterocycles. The fourth-order valence-electron chi connectivity index (χ4n) is 0.888. The summed E-state index contributed by atoms with van der Waals surface area (Å²) in [4.78, 5) is 0.500. The molecule has 0 amide bonds. The number of rotatable bonds is 4. The Hall–Kier alpha value is -0.0400. The van der Waals surface area contributed by atoms with Gasteiger partial charge in [0.15, 0.2) is 0 Å². The largest absolute Gasteiger partial charge is 0.0914 e. The summed E-state index contributed by atoms with van der Waals surface area (Å²) in [6.07, 6.45) is 9.88. The van der Waals surface area contributed by atoms with Gasteiger partial charge < -0.3 is 0 Å². The first-order valence-electron chi connectivity index (χ1n) is 4.10. The molecule has 1 heteroatoms. The standard InChI is InChI=1S/C10H17Br/c1-4-6-9(2)7-5-8-10(3)11/h4-6,8-10H,7H2,1-3H3/b6-4+,8-5+. The van der Waals surface area contributed by atoms with E-state index in [4.69, 9.17) is 0 Å². The van der Waals surface area contributed by atoms with E-state index in [1.54, 1.807) is 0 Å². The molecule has 0 aromatic carbocycles. The summed E-state index contributed by atoms with van der Waals surface area (Å²) in [6, 6.07) is 0. The third-order valence-corrected chi connectivity index (χ3v) is 1.74. The highest BCUT2D eigenvalue weighted by Gasteiger charge is 1.91. The van der Waals surface area contributed by atoms with Crippen molar-refractivity contribution in [1.82, 2.24) is 0 Å². The molecular formula is C10H17Br. The van der Waals surface area contributed by atoms with Gasteiger partial charge in [0.25, 0.3) is 0 Å². The molecule has 0 spiro atoms. The minimum atomic E-state index is 0.500. The van der Waals surface area contributed by atoms with Crippen LogP contribution < -0.4 is 0 Å². The number of alkyl halides is 1. The van der Waals surface area contributed by atoms with Crippen molar-refractivity contribution in [3.8, 4) is 0 Å². The molecule has 0 saturated carbocycles. The van der Waals surface area contributed by atoms with E-state index in [2.05, 4.69) is 61.0 Å². The predicted octanol–water partition coefficient (Wildman–Crippen LogP) is 3.93. The van der Waals surface area contributed by atoms with Gasteiger partial charge in [-0.15, -0.1) is 0 Å². The third kappa shape index (κ3) is 7.86. The summed E-state index contributed by atoms with van der Waals surface area (Å²) in [5.74, 6) is 0.669. The van der Waals surface area contributed by atoms with Crippen molar-refractivity contribution in [1.29, 1.82) is 0 Å². The summed E-state index contributed by atoms with van der Waals surface area (Å²) in [5.41, 5.74) is 0. The first kappa shape index (κ1) is 11.0. The molecule has 0 aliphatic carbocycles. The highest BCUT2D eigenvalue weighted by molar-refractivity contribution is 9.09. The Morgan fingerprint density at radius 2 is 1.91 bits per heavy atom. The van der Waals surface area contributed by atoms with E-state index in [1.807, 2.05) is 0 Å². The second-order valence-electron chi connectivity index (χ2n) is 2.84. The molecule has 2 atom stereocenters. The Bertz CT molecular complexity index is 134. The van der Waals surface area contributed by atoms with Crippen LogP contribution in [0.3, 0.4) is 0 Å². The molecule has 0 aliphatic heterocycles. The van der Waals surface area contributed by atoms with Crippen molar-refractivity contribution < 1.29 is 0 Å². The maximum Gasteiger partial charge on any atom is 0.0297 e. The van der Waals surface area contributed by atoms with Crippen LogP contribution in [-0.2, 0) is 0 Å². The van der Waals surface area contributed by atoms with Gasteiger partial charge in [0.1, 0.15) is 0 Å². The van der Waals surface area contributed by atoms with E-state index < -0.39 is 0 Å². The van der Waals surface area contributed by atoms with Crippen molar-refractivity contribution in [2.75, 3.05) is 0 Å². The van der Waals surface area contributed by atoms with E-state index in [0.717, 1.165) is 6.42 Å².